The van der Waals surface area contributed by atoms with Gasteiger partial charge in [-0.3, -0.25) is 14.5 Å². The van der Waals surface area contributed by atoms with Gasteiger partial charge in [-0.2, -0.15) is 0 Å². The van der Waals surface area contributed by atoms with Crippen LogP contribution in [0.3, 0.4) is 0 Å². The van der Waals surface area contributed by atoms with Crippen LogP contribution in [0.2, 0.25) is 0 Å². The van der Waals surface area contributed by atoms with Gasteiger partial charge in [0.2, 0.25) is 0 Å². The molecule has 1 aliphatic heterocycles. The molecule has 0 bridgehead atoms. The first kappa shape index (κ1) is 26.1. The molecule has 8 nitrogen and oxygen atoms in total. The molecule has 0 saturated carbocycles. The molecule has 3 aromatic rings. The fraction of sp³-hybridized carbons (Fsp3) is 0.321. The van der Waals surface area contributed by atoms with E-state index in [1.54, 1.807) is 30.0 Å². The summed E-state index contributed by atoms with van der Waals surface area (Å²) in [5.41, 5.74) is 9.72. The predicted octanol–water partition coefficient (Wildman–Crippen LogP) is 3.62. The van der Waals surface area contributed by atoms with Gasteiger partial charge in [-0.1, -0.05) is 29.8 Å². The van der Waals surface area contributed by atoms with Crippen molar-refractivity contribution in [3.05, 3.63) is 88.5 Å². The van der Waals surface area contributed by atoms with Gasteiger partial charge in [0.15, 0.2) is 5.78 Å². The number of aryl methyl sites for hydroxylation is 2. The van der Waals surface area contributed by atoms with Crippen LogP contribution in [0.1, 0.15) is 37.7 Å². The third-order valence-electron chi connectivity index (χ3n) is 6.78. The largest absolute Gasteiger partial charge is 0.366 e. The first-order chi connectivity index (χ1) is 17.7. The number of Topliss-reactive ketones (excluding diaryl/α,β-unsaturated/α-hetero) is 1. The van der Waals surface area contributed by atoms with Crippen molar-refractivity contribution in [2.75, 3.05) is 38.0 Å². The van der Waals surface area contributed by atoms with Crippen LogP contribution in [0.15, 0.2) is 54.6 Å². The van der Waals surface area contributed by atoms with Crippen molar-refractivity contribution in [1.82, 2.24) is 14.4 Å². The molecule has 2 aromatic carbocycles. The first-order valence-corrected chi connectivity index (χ1v) is 12.3. The number of anilines is 1. The Morgan fingerprint density at radius 2 is 1.59 bits per heavy atom. The monoisotopic (exact) mass is 505 g/mol. The molecular weight excluding hydrogens is 473 g/mol. The topological polar surface area (TPSA) is 101 Å². The quantitative estimate of drug-likeness (QED) is 0.457. The van der Waals surface area contributed by atoms with E-state index in [4.69, 9.17) is 5.73 Å². The molecule has 1 fully saturated rings. The second-order valence-electron chi connectivity index (χ2n) is 9.40. The van der Waals surface area contributed by atoms with Crippen LogP contribution >= 0.6 is 0 Å². The molecule has 9 heteroatoms. The average molecular weight is 506 g/mol. The number of amides is 3. The highest BCUT2D eigenvalue weighted by atomic mass is 19.1. The van der Waals surface area contributed by atoms with Crippen molar-refractivity contribution < 1.29 is 18.8 Å². The zero-order chi connectivity index (χ0) is 26.5. The summed E-state index contributed by atoms with van der Waals surface area (Å²) in [5.74, 6) is -1.01. The highest BCUT2D eigenvalue weighted by molar-refractivity contribution is 6.01. The van der Waals surface area contributed by atoms with Gasteiger partial charge in [0, 0.05) is 44.1 Å². The third kappa shape index (κ3) is 6.42. The molecule has 1 aliphatic rings. The summed E-state index contributed by atoms with van der Waals surface area (Å²) >= 11 is 0. The lowest BCUT2D eigenvalue weighted by Gasteiger charge is -2.34. The zero-order valence-corrected chi connectivity index (χ0v) is 21.2. The number of hydrogen-bond donors (Lipinski definition) is 2. The Balaban J connectivity index is 1.37. The lowest BCUT2D eigenvalue weighted by atomic mass is 10.1. The van der Waals surface area contributed by atoms with Crippen LogP contribution in [0, 0.1) is 19.7 Å². The van der Waals surface area contributed by atoms with Crippen LogP contribution in [0.25, 0.3) is 0 Å². The molecule has 2 heterocycles. The number of urea groups is 1. The van der Waals surface area contributed by atoms with Gasteiger partial charge in [-0.05, 0) is 56.2 Å². The molecule has 37 heavy (non-hydrogen) atoms. The van der Waals surface area contributed by atoms with Gasteiger partial charge in [-0.15, -0.1) is 0 Å². The summed E-state index contributed by atoms with van der Waals surface area (Å²) < 4.78 is 15.1. The minimum absolute atomic E-state index is 0.118. The Morgan fingerprint density at radius 1 is 0.946 bits per heavy atom. The van der Waals surface area contributed by atoms with E-state index in [2.05, 4.69) is 5.32 Å². The highest BCUT2D eigenvalue weighted by Gasteiger charge is 2.25. The summed E-state index contributed by atoms with van der Waals surface area (Å²) in [5, 5.41) is 2.91. The number of piperazine rings is 1. The zero-order valence-electron chi connectivity index (χ0n) is 21.2. The number of rotatable bonds is 8. The van der Waals surface area contributed by atoms with E-state index in [0.717, 1.165) is 16.8 Å². The van der Waals surface area contributed by atoms with Crippen LogP contribution in [-0.2, 0) is 13.0 Å². The molecule has 1 saturated heterocycles. The second kappa shape index (κ2) is 11.4. The van der Waals surface area contributed by atoms with Crippen molar-refractivity contribution in [1.29, 1.82) is 0 Å². The Bertz CT molecular complexity index is 1280. The molecule has 0 aliphatic carbocycles. The predicted molar refractivity (Wildman–Crippen MR) is 140 cm³/mol. The summed E-state index contributed by atoms with van der Waals surface area (Å²) in [6.07, 6.45) is 0.572. The van der Waals surface area contributed by atoms with Crippen molar-refractivity contribution >= 4 is 23.4 Å². The van der Waals surface area contributed by atoms with Crippen LogP contribution in [0.5, 0.6) is 0 Å². The lowest BCUT2D eigenvalue weighted by Crippen LogP contribution is -2.51. The molecule has 1 aromatic heterocycles. The maximum Gasteiger partial charge on any atom is 0.321 e. The molecule has 3 amide bonds. The van der Waals surface area contributed by atoms with E-state index < -0.39 is 5.91 Å². The Labute approximate surface area is 215 Å². The maximum absolute atomic E-state index is 13.3. The average Bonchev–Trinajstić information content (AvgIpc) is 3.22. The maximum atomic E-state index is 13.3. The number of ketones is 1. The minimum atomic E-state index is -0.583. The summed E-state index contributed by atoms with van der Waals surface area (Å²) in [7, 11) is 0. The minimum Gasteiger partial charge on any atom is -0.366 e. The van der Waals surface area contributed by atoms with Crippen molar-refractivity contribution in [2.24, 2.45) is 5.73 Å². The summed E-state index contributed by atoms with van der Waals surface area (Å²) in [6.45, 7) is 6.52. The van der Waals surface area contributed by atoms with Crippen molar-refractivity contribution in [3.8, 4) is 0 Å². The van der Waals surface area contributed by atoms with Gasteiger partial charge >= 0.3 is 6.03 Å². The van der Waals surface area contributed by atoms with Gasteiger partial charge in [0.25, 0.3) is 5.91 Å². The number of benzene rings is 2. The van der Waals surface area contributed by atoms with Gasteiger partial charge in [0.05, 0.1) is 17.8 Å². The smallest absolute Gasteiger partial charge is 0.321 e. The van der Waals surface area contributed by atoms with Gasteiger partial charge < -0.3 is 20.5 Å². The fourth-order valence-corrected chi connectivity index (χ4v) is 4.54. The second-order valence-corrected chi connectivity index (χ2v) is 9.40. The summed E-state index contributed by atoms with van der Waals surface area (Å²) in [6, 6.07) is 15.3. The van der Waals surface area contributed by atoms with Crippen LogP contribution in [-0.4, -0.2) is 64.8 Å². The van der Waals surface area contributed by atoms with Crippen molar-refractivity contribution in [3.63, 3.8) is 0 Å². The van der Waals surface area contributed by atoms with E-state index in [9.17, 15) is 18.8 Å². The number of carbonyl (C=O) groups is 3. The number of halogens is 1. The number of nitrogens with zero attached hydrogens (tertiary/aromatic N) is 3. The van der Waals surface area contributed by atoms with E-state index in [1.165, 1.54) is 12.1 Å². The molecule has 0 radical (unpaired) electrons. The van der Waals surface area contributed by atoms with Gasteiger partial charge in [-0.25, -0.2) is 9.18 Å². The van der Waals surface area contributed by atoms with E-state index in [0.29, 0.717) is 56.1 Å². The highest BCUT2D eigenvalue weighted by Crippen LogP contribution is 2.19. The van der Waals surface area contributed by atoms with Crippen LogP contribution in [0.4, 0.5) is 14.9 Å². The molecule has 194 valence electrons. The number of hydrogen-bond acceptors (Lipinski definition) is 4. The standard InChI is InChI=1S/C28H32FN5O3/c1-19-3-9-23(10-4-19)31-28(37)33-15-13-32(14-16-33)18-26(35)25-17-24(27(30)36)20(2)34(25)12-11-21-5-7-22(29)8-6-21/h3-10,17H,11-16,18H2,1-2H3,(H2,30,36)(H,31,37). The normalized spacial score (nSPS) is 14.0. The van der Waals surface area contributed by atoms with Crippen LogP contribution < -0.4 is 11.1 Å². The molecule has 0 atom stereocenters. The number of carbonyl (C=O) groups excluding carboxylic acids is 3. The van der Waals surface area contributed by atoms with Crippen molar-refractivity contribution in [2.45, 2.75) is 26.8 Å². The van der Waals surface area contributed by atoms with E-state index in [-0.39, 0.29) is 24.2 Å². The SMILES string of the molecule is Cc1ccc(NC(=O)N2CCN(CC(=O)c3cc(C(N)=O)c(C)n3CCc3ccc(F)cc3)CC2)cc1. The summed E-state index contributed by atoms with van der Waals surface area (Å²) in [4.78, 5) is 41.6. The molecular formula is C28H32FN5O3. The Kier molecular flexibility index (Phi) is 8.03. The van der Waals surface area contributed by atoms with Gasteiger partial charge in [0.1, 0.15) is 5.82 Å². The first-order valence-electron chi connectivity index (χ1n) is 12.3. The van der Waals surface area contributed by atoms with E-state index >= 15 is 0 Å². The third-order valence-corrected chi connectivity index (χ3v) is 6.78. The number of nitrogens with one attached hydrogen (secondary N) is 1. The number of primary amides is 1. The molecule has 0 spiro atoms. The Morgan fingerprint density at radius 3 is 2.22 bits per heavy atom. The fourth-order valence-electron chi connectivity index (χ4n) is 4.54. The number of nitrogens with two attached hydrogens (primary N) is 1. The van der Waals surface area contributed by atoms with E-state index in [1.807, 2.05) is 40.7 Å². The molecule has 4 rings (SSSR count). The number of aromatic nitrogens is 1. The lowest BCUT2D eigenvalue weighted by molar-refractivity contribution is 0.0874. The Hall–Kier alpha value is -3.98. The molecule has 0 unspecified atom stereocenters. The molecule has 3 N–H and O–H groups in total.